The average Bonchev–Trinajstić information content (AvgIpc) is 2.46. The van der Waals surface area contributed by atoms with Crippen LogP contribution in [0.3, 0.4) is 0 Å². The highest BCUT2D eigenvalue weighted by Gasteiger charge is 2.11. The van der Waals surface area contributed by atoms with Gasteiger partial charge in [-0.3, -0.25) is 0 Å². The van der Waals surface area contributed by atoms with Gasteiger partial charge in [-0.05, 0) is 48.7 Å². The predicted molar refractivity (Wildman–Crippen MR) is 77.9 cm³/mol. The fourth-order valence-electron chi connectivity index (χ4n) is 2.11. The summed E-state index contributed by atoms with van der Waals surface area (Å²) in [7, 11) is 0. The molecule has 0 heterocycles. The van der Waals surface area contributed by atoms with Gasteiger partial charge in [0, 0.05) is 6.07 Å². The second kappa shape index (κ2) is 7.20. The molecular weight excluding hydrogens is 293 g/mol. The van der Waals surface area contributed by atoms with Gasteiger partial charge in [-0.15, -0.1) is 0 Å². The van der Waals surface area contributed by atoms with Crippen LogP contribution in [0.25, 0.3) is 0 Å². The second-order valence-corrected chi connectivity index (χ2v) is 4.84. The lowest BCUT2D eigenvalue weighted by atomic mass is 10.1. The van der Waals surface area contributed by atoms with Crippen molar-refractivity contribution in [2.24, 2.45) is 0 Å². The maximum absolute atomic E-state index is 13.7. The summed E-state index contributed by atoms with van der Waals surface area (Å²) in [6.07, 6.45) is 0.460. The van der Waals surface area contributed by atoms with Crippen molar-refractivity contribution in [2.75, 3.05) is 13.2 Å². The average molecular weight is 310 g/mol. The smallest absolute Gasteiger partial charge is 0.168 e. The van der Waals surface area contributed by atoms with Crippen LogP contribution in [-0.2, 0) is 6.42 Å². The zero-order valence-corrected chi connectivity index (χ0v) is 12.5. The van der Waals surface area contributed by atoms with Gasteiger partial charge in [0.05, 0.1) is 0 Å². The number of hydrogen-bond donors (Lipinski definition) is 0. The third kappa shape index (κ3) is 3.93. The fourth-order valence-corrected chi connectivity index (χ4v) is 2.11. The van der Waals surface area contributed by atoms with E-state index < -0.39 is 11.6 Å². The quantitative estimate of drug-likeness (QED) is 0.735. The zero-order valence-electron chi connectivity index (χ0n) is 12.5. The van der Waals surface area contributed by atoms with Crippen LogP contribution in [-0.4, -0.2) is 13.2 Å². The zero-order chi connectivity index (χ0) is 16.1. The molecule has 0 aliphatic rings. The molecule has 0 aliphatic carbocycles. The van der Waals surface area contributed by atoms with Crippen molar-refractivity contribution in [3.05, 3.63) is 58.9 Å². The van der Waals surface area contributed by atoms with E-state index in [9.17, 15) is 13.2 Å². The Balaban J connectivity index is 1.94. The van der Waals surface area contributed by atoms with E-state index in [0.29, 0.717) is 23.3 Å². The summed E-state index contributed by atoms with van der Waals surface area (Å²) in [4.78, 5) is 0. The van der Waals surface area contributed by atoms with E-state index in [0.717, 1.165) is 6.07 Å². The van der Waals surface area contributed by atoms with Gasteiger partial charge in [0.1, 0.15) is 30.6 Å². The van der Waals surface area contributed by atoms with Crippen molar-refractivity contribution in [2.45, 2.75) is 20.3 Å². The van der Waals surface area contributed by atoms with Crippen LogP contribution in [0.2, 0.25) is 0 Å². The molecule has 0 atom stereocenters. The number of halogens is 3. The minimum Gasteiger partial charge on any atom is -0.490 e. The van der Waals surface area contributed by atoms with Gasteiger partial charge < -0.3 is 9.47 Å². The SMILES string of the molecule is CCc1cc(F)cc(F)c1OCCOc1ccc(F)cc1C. The molecule has 0 aliphatic heterocycles. The van der Waals surface area contributed by atoms with Crippen LogP contribution >= 0.6 is 0 Å². The Bertz CT molecular complexity index is 657. The molecule has 2 aromatic carbocycles. The molecule has 0 unspecified atom stereocenters. The highest BCUT2D eigenvalue weighted by atomic mass is 19.1. The largest absolute Gasteiger partial charge is 0.490 e. The molecule has 0 radical (unpaired) electrons. The van der Waals surface area contributed by atoms with Crippen molar-refractivity contribution < 1.29 is 22.6 Å². The lowest BCUT2D eigenvalue weighted by Crippen LogP contribution is -2.11. The monoisotopic (exact) mass is 310 g/mol. The van der Waals surface area contributed by atoms with Gasteiger partial charge in [-0.2, -0.15) is 0 Å². The van der Waals surface area contributed by atoms with E-state index >= 15 is 0 Å². The first-order valence-electron chi connectivity index (χ1n) is 7.01. The summed E-state index contributed by atoms with van der Waals surface area (Å²) in [6, 6.07) is 6.24. The molecule has 22 heavy (non-hydrogen) atoms. The fraction of sp³-hybridized carbons (Fsp3) is 0.294. The molecule has 0 saturated heterocycles. The molecule has 0 spiro atoms. The molecule has 2 rings (SSSR count). The van der Waals surface area contributed by atoms with E-state index in [1.54, 1.807) is 13.8 Å². The van der Waals surface area contributed by atoms with E-state index in [2.05, 4.69) is 0 Å². The standard InChI is InChI=1S/C17H17F3O2/c1-3-12-9-14(19)10-15(20)17(12)22-7-6-21-16-5-4-13(18)8-11(16)2/h4-5,8-10H,3,6-7H2,1-2H3. The first kappa shape index (κ1) is 16.2. The van der Waals surface area contributed by atoms with E-state index in [1.165, 1.54) is 24.3 Å². The van der Waals surface area contributed by atoms with Crippen molar-refractivity contribution in [1.29, 1.82) is 0 Å². The van der Waals surface area contributed by atoms with Gasteiger partial charge in [-0.25, -0.2) is 13.2 Å². The number of aryl methyl sites for hydroxylation is 2. The predicted octanol–water partition coefficient (Wildman–Crippen LogP) is 4.43. The number of benzene rings is 2. The number of ether oxygens (including phenoxy) is 2. The maximum Gasteiger partial charge on any atom is 0.168 e. The van der Waals surface area contributed by atoms with Gasteiger partial charge in [0.15, 0.2) is 11.6 Å². The molecule has 0 N–H and O–H groups in total. The minimum atomic E-state index is -0.727. The van der Waals surface area contributed by atoms with Crippen molar-refractivity contribution in [3.63, 3.8) is 0 Å². The molecule has 0 amide bonds. The summed E-state index contributed by atoms with van der Waals surface area (Å²) in [5.74, 6) is -1.10. The molecule has 0 bridgehead atoms. The number of rotatable bonds is 6. The second-order valence-electron chi connectivity index (χ2n) is 4.84. The highest BCUT2D eigenvalue weighted by Crippen LogP contribution is 2.25. The van der Waals surface area contributed by atoms with Crippen molar-refractivity contribution >= 4 is 0 Å². The normalized spacial score (nSPS) is 10.6. The Hall–Kier alpha value is -2.17. The molecule has 5 heteroatoms. The molecule has 2 aromatic rings. The Labute approximate surface area is 127 Å². The van der Waals surface area contributed by atoms with Crippen LogP contribution < -0.4 is 9.47 Å². The maximum atomic E-state index is 13.7. The van der Waals surface area contributed by atoms with Gasteiger partial charge in [-0.1, -0.05) is 6.92 Å². The van der Waals surface area contributed by atoms with Crippen LogP contribution in [0.15, 0.2) is 30.3 Å². The van der Waals surface area contributed by atoms with Crippen LogP contribution in [0, 0.1) is 24.4 Å². The Morgan fingerprint density at radius 1 is 0.909 bits per heavy atom. The Kier molecular flexibility index (Phi) is 5.31. The Morgan fingerprint density at radius 3 is 2.32 bits per heavy atom. The van der Waals surface area contributed by atoms with Crippen LogP contribution in [0.1, 0.15) is 18.1 Å². The van der Waals surface area contributed by atoms with Crippen molar-refractivity contribution in [3.8, 4) is 11.5 Å². The van der Waals surface area contributed by atoms with Crippen LogP contribution in [0.4, 0.5) is 13.2 Å². The summed E-state index contributed by atoms with van der Waals surface area (Å²) in [5, 5.41) is 0. The van der Waals surface area contributed by atoms with Crippen molar-refractivity contribution in [1.82, 2.24) is 0 Å². The highest BCUT2D eigenvalue weighted by molar-refractivity contribution is 5.36. The molecule has 2 nitrogen and oxygen atoms in total. The summed E-state index contributed by atoms with van der Waals surface area (Å²) in [6.45, 7) is 3.80. The number of hydrogen-bond acceptors (Lipinski definition) is 2. The van der Waals surface area contributed by atoms with E-state index in [1.807, 2.05) is 0 Å². The first-order valence-corrected chi connectivity index (χ1v) is 7.01. The molecule has 0 fully saturated rings. The summed E-state index contributed by atoms with van der Waals surface area (Å²) >= 11 is 0. The minimum absolute atomic E-state index is 0.0447. The third-order valence-corrected chi connectivity index (χ3v) is 3.19. The van der Waals surface area contributed by atoms with Gasteiger partial charge in [0.25, 0.3) is 0 Å². The molecule has 0 aromatic heterocycles. The molecule has 118 valence electrons. The van der Waals surface area contributed by atoms with E-state index in [4.69, 9.17) is 9.47 Å². The van der Waals surface area contributed by atoms with Crippen LogP contribution in [0.5, 0.6) is 11.5 Å². The van der Waals surface area contributed by atoms with E-state index in [-0.39, 0.29) is 24.8 Å². The lowest BCUT2D eigenvalue weighted by molar-refractivity contribution is 0.209. The Morgan fingerprint density at radius 2 is 1.64 bits per heavy atom. The summed E-state index contributed by atoms with van der Waals surface area (Å²) < 4.78 is 50.6. The molecular formula is C17H17F3O2. The summed E-state index contributed by atoms with van der Waals surface area (Å²) in [5.41, 5.74) is 1.14. The topological polar surface area (TPSA) is 18.5 Å². The van der Waals surface area contributed by atoms with Gasteiger partial charge >= 0.3 is 0 Å². The lowest BCUT2D eigenvalue weighted by Gasteiger charge is -2.13. The molecule has 0 saturated carbocycles. The van der Waals surface area contributed by atoms with Gasteiger partial charge in [0.2, 0.25) is 0 Å². The first-order chi connectivity index (χ1) is 10.5. The third-order valence-electron chi connectivity index (χ3n) is 3.19.